The average molecular weight is 445 g/mol. The second-order valence-electron chi connectivity index (χ2n) is 7.44. The van der Waals surface area contributed by atoms with E-state index >= 15 is 0 Å². The second-order valence-corrected chi connectivity index (χ2v) is 9.47. The van der Waals surface area contributed by atoms with Crippen LogP contribution in [-0.2, 0) is 22.6 Å². The largest absolute Gasteiger partial charge is 0.497 e. The SMILES string of the molecule is COc1cccc(NC(=O)CSc2nc(N)c3c4c(sc3n2)CO[C@H](C(C)C)C4)c1. The predicted molar refractivity (Wildman–Crippen MR) is 121 cm³/mol. The predicted octanol–water partition coefficient (Wildman–Crippen LogP) is 4.11. The monoisotopic (exact) mass is 444 g/mol. The number of anilines is 2. The number of methoxy groups -OCH3 is 1. The van der Waals surface area contributed by atoms with Gasteiger partial charge >= 0.3 is 0 Å². The van der Waals surface area contributed by atoms with Gasteiger partial charge in [0.1, 0.15) is 16.4 Å². The molecule has 0 radical (unpaired) electrons. The average Bonchev–Trinajstić information content (AvgIpc) is 3.10. The Bertz CT molecular complexity index is 1080. The maximum absolute atomic E-state index is 12.3. The number of rotatable bonds is 6. The van der Waals surface area contributed by atoms with E-state index in [9.17, 15) is 4.79 Å². The summed E-state index contributed by atoms with van der Waals surface area (Å²) in [6, 6.07) is 7.23. The van der Waals surface area contributed by atoms with E-state index in [1.54, 1.807) is 24.5 Å². The number of aromatic nitrogens is 2. The molecule has 1 amide bonds. The number of hydrogen-bond donors (Lipinski definition) is 2. The van der Waals surface area contributed by atoms with Crippen LogP contribution in [0.5, 0.6) is 5.75 Å². The summed E-state index contributed by atoms with van der Waals surface area (Å²) in [7, 11) is 1.59. The molecule has 9 heteroatoms. The first-order valence-corrected chi connectivity index (χ1v) is 11.5. The number of nitrogens with one attached hydrogen (secondary N) is 1. The molecule has 0 unspecified atom stereocenters. The highest BCUT2D eigenvalue weighted by atomic mass is 32.2. The van der Waals surface area contributed by atoms with Crippen molar-refractivity contribution in [2.75, 3.05) is 23.9 Å². The van der Waals surface area contributed by atoms with E-state index < -0.39 is 0 Å². The van der Waals surface area contributed by atoms with Gasteiger partial charge in [0.15, 0.2) is 5.16 Å². The number of carbonyl (C=O) groups is 1. The van der Waals surface area contributed by atoms with Crippen LogP contribution in [0.25, 0.3) is 10.2 Å². The second kappa shape index (κ2) is 8.79. The van der Waals surface area contributed by atoms with Crippen LogP contribution >= 0.6 is 23.1 Å². The Morgan fingerprint density at radius 3 is 3.03 bits per heavy atom. The third kappa shape index (κ3) is 4.38. The first-order chi connectivity index (χ1) is 14.4. The number of amides is 1. The van der Waals surface area contributed by atoms with E-state index in [2.05, 4.69) is 29.1 Å². The number of hydrogen-bond acceptors (Lipinski definition) is 8. The highest BCUT2D eigenvalue weighted by Gasteiger charge is 2.27. The van der Waals surface area contributed by atoms with Crippen molar-refractivity contribution in [3.05, 3.63) is 34.7 Å². The Labute approximate surface area is 183 Å². The number of nitrogens with zero attached hydrogens (tertiary/aromatic N) is 2. The zero-order valence-corrected chi connectivity index (χ0v) is 18.7. The zero-order chi connectivity index (χ0) is 21.3. The lowest BCUT2D eigenvalue weighted by Gasteiger charge is -2.26. The molecule has 0 fully saturated rings. The van der Waals surface area contributed by atoms with E-state index in [1.807, 2.05) is 18.2 Å². The number of nitrogens with two attached hydrogens (primary N) is 1. The number of benzene rings is 1. The van der Waals surface area contributed by atoms with Gasteiger partial charge in [-0.25, -0.2) is 9.97 Å². The molecule has 0 aliphatic carbocycles. The third-order valence-electron chi connectivity index (χ3n) is 5.00. The number of nitrogen functional groups attached to an aromatic ring is 1. The molecule has 1 aromatic carbocycles. The van der Waals surface area contributed by atoms with E-state index in [0.717, 1.165) is 16.6 Å². The van der Waals surface area contributed by atoms with Crippen LogP contribution < -0.4 is 15.8 Å². The summed E-state index contributed by atoms with van der Waals surface area (Å²) in [5.74, 6) is 1.64. The van der Waals surface area contributed by atoms with Gasteiger partial charge in [-0.3, -0.25) is 4.79 Å². The van der Waals surface area contributed by atoms with Gasteiger partial charge < -0.3 is 20.5 Å². The molecule has 3 N–H and O–H groups in total. The minimum atomic E-state index is -0.144. The molecule has 0 spiro atoms. The summed E-state index contributed by atoms with van der Waals surface area (Å²) >= 11 is 2.87. The molecule has 30 heavy (non-hydrogen) atoms. The molecule has 2 aromatic heterocycles. The van der Waals surface area contributed by atoms with Gasteiger partial charge in [-0.05, 0) is 23.6 Å². The lowest BCUT2D eigenvalue weighted by molar-refractivity contribution is -0.113. The van der Waals surface area contributed by atoms with Gasteiger partial charge in [-0.1, -0.05) is 31.7 Å². The normalized spacial score (nSPS) is 15.9. The molecule has 1 aliphatic heterocycles. The molecular formula is C21H24N4O3S2. The summed E-state index contributed by atoms with van der Waals surface area (Å²) in [4.78, 5) is 23.5. The molecule has 0 saturated carbocycles. The van der Waals surface area contributed by atoms with Crippen LogP contribution in [-0.4, -0.2) is 34.8 Å². The van der Waals surface area contributed by atoms with Crippen molar-refractivity contribution in [3.8, 4) is 5.75 Å². The Morgan fingerprint density at radius 1 is 1.43 bits per heavy atom. The number of thioether (sulfide) groups is 1. The molecule has 158 valence electrons. The molecule has 0 bridgehead atoms. The number of fused-ring (bicyclic) bond motifs is 3. The fraction of sp³-hybridized carbons (Fsp3) is 0.381. The summed E-state index contributed by atoms with van der Waals surface area (Å²) in [5.41, 5.74) is 8.19. The molecule has 1 aliphatic rings. The third-order valence-corrected chi connectivity index (χ3v) is 6.95. The Kier molecular flexibility index (Phi) is 6.12. The summed E-state index contributed by atoms with van der Waals surface area (Å²) in [6.07, 6.45) is 1.01. The van der Waals surface area contributed by atoms with Gasteiger partial charge in [0.2, 0.25) is 5.91 Å². The molecule has 7 nitrogen and oxygen atoms in total. The van der Waals surface area contributed by atoms with Crippen LogP contribution in [0.2, 0.25) is 0 Å². The maximum atomic E-state index is 12.3. The lowest BCUT2D eigenvalue weighted by atomic mass is 9.96. The summed E-state index contributed by atoms with van der Waals surface area (Å²) < 4.78 is 11.1. The van der Waals surface area contributed by atoms with Gasteiger partial charge in [-0.15, -0.1) is 11.3 Å². The van der Waals surface area contributed by atoms with Crippen molar-refractivity contribution in [1.29, 1.82) is 0 Å². The van der Waals surface area contributed by atoms with Gasteiger partial charge in [0, 0.05) is 23.1 Å². The van der Waals surface area contributed by atoms with Crippen LogP contribution in [0.1, 0.15) is 24.3 Å². The van der Waals surface area contributed by atoms with Gasteiger partial charge in [0.25, 0.3) is 0 Å². The number of ether oxygens (including phenoxy) is 2. The lowest BCUT2D eigenvalue weighted by Crippen LogP contribution is -2.26. The van der Waals surface area contributed by atoms with Crippen LogP contribution in [0.3, 0.4) is 0 Å². The van der Waals surface area contributed by atoms with E-state index in [1.165, 1.54) is 22.2 Å². The maximum Gasteiger partial charge on any atom is 0.234 e. The van der Waals surface area contributed by atoms with E-state index in [0.29, 0.717) is 34.9 Å². The molecular weight excluding hydrogens is 420 g/mol. The molecule has 3 aromatic rings. The van der Waals surface area contributed by atoms with Crippen molar-refractivity contribution in [2.24, 2.45) is 5.92 Å². The number of thiophene rings is 1. The van der Waals surface area contributed by atoms with E-state index in [-0.39, 0.29) is 17.8 Å². The summed E-state index contributed by atoms with van der Waals surface area (Å²) in [6.45, 7) is 4.91. The molecule has 1 atom stereocenters. The molecule has 3 heterocycles. The topological polar surface area (TPSA) is 99.4 Å². The van der Waals surface area contributed by atoms with Gasteiger partial charge in [0.05, 0.1) is 31.0 Å². The van der Waals surface area contributed by atoms with Crippen LogP contribution in [0, 0.1) is 5.92 Å². The van der Waals surface area contributed by atoms with Crippen LogP contribution in [0.4, 0.5) is 11.5 Å². The fourth-order valence-corrected chi connectivity index (χ4v) is 5.25. The first kappa shape index (κ1) is 20.9. The number of carbonyl (C=O) groups excluding carboxylic acids is 1. The quantitative estimate of drug-likeness (QED) is 0.436. The van der Waals surface area contributed by atoms with Crippen molar-refractivity contribution in [3.63, 3.8) is 0 Å². The fourth-order valence-electron chi connectivity index (χ4n) is 3.41. The smallest absolute Gasteiger partial charge is 0.234 e. The Hall–Kier alpha value is -2.36. The van der Waals surface area contributed by atoms with Crippen molar-refractivity contribution < 1.29 is 14.3 Å². The van der Waals surface area contributed by atoms with Crippen LogP contribution in [0.15, 0.2) is 29.4 Å². The molecule has 4 rings (SSSR count). The Balaban J connectivity index is 1.47. The minimum absolute atomic E-state index is 0.144. The molecule has 0 saturated heterocycles. The Morgan fingerprint density at radius 2 is 2.27 bits per heavy atom. The minimum Gasteiger partial charge on any atom is -0.497 e. The van der Waals surface area contributed by atoms with E-state index in [4.69, 9.17) is 15.2 Å². The highest BCUT2D eigenvalue weighted by molar-refractivity contribution is 7.99. The zero-order valence-electron chi connectivity index (χ0n) is 17.1. The van der Waals surface area contributed by atoms with Gasteiger partial charge in [-0.2, -0.15) is 0 Å². The summed E-state index contributed by atoms with van der Waals surface area (Å²) in [5, 5.41) is 4.29. The van der Waals surface area contributed by atoms with Crippen molar-refractivity contribution in [2.45, 2.75) is 38.1 Å². The standard InChI is InChI=1S/C21H24N4O3S2/c1-11(2)15-8-14-16(9-28-15)30-20-18(14)19(22)24-21(25-20)29-10-17(26)23-12-5-4-6-13(7-12)27-3/h4-7,11,15H,8-10H2,1-3H3,(H,23,26)(H2,22,24,25)/t15-/m0/s1. The van der Waals surface area contributed by atoms with Crippen molar-refractivity contribution in [1.82, 2.24) is 9.97 Å². The highest BCUT2D eigenvalue weighted by Crippen LogP contribution is 2.39. The first-order valence-electron chi connectivity index (χ1n) is 9.70. The van der Waals surface area contributed by atoms with Crippen molar-refractivity contribution >= 4 is 50.7 Å².